The van der Waals surface area contributed by atoms with Crippen LogP contribution in [0.5, 0.6) is 5.75 Å². The summed E-state index contributed by atoms with van der Waals surface area (Å²) in [7, 11) is -3.80. The van der Waals surface area contributed by atoms with E-state index in [1.807, 2.05) is 44.4 Å². The van der Waals surface area contributed by atoms with Crippen LogP contribution < -0.4 is 4.74 Å². The molecule has 3 aromatic rings. The van der Waals surface area contributed by atoms with Crippen molar-refractivity contribution in [2.24, 2.45) is 0 Å². The highest BCUT2D eigenvalue weighted by Gasteiger charge is 2.35. The number of nitrogens with zero attached hydrogens (tertiary/aromatic N) is 2. The summed E-state index contributed by atoms with van der Waals surface area (Å²) >= 11 is 7.82. The highest BCUT2D eigenvalue weighted by molar-refractivity contribution is 7.89. The second-order valence-electron chi connectivity index (χ2n) is 9.03. The minimum Gasteiger partial charge on any atom is -0.491 e. The van der Waals surface area contributed by atoms with Crippen molar-refractivity contribution in [1.29, 1.82) is 0 Å². The molecule has 1 aliphatic heterocycles. The largest absolute Gasteiger partial charge is 0.491 e. The van der Waals surface area contributed by atoms with E-state index >= 15 is 0 Å². The first-order chi connectivity index (χ1) is 17.2. The Bertz CT molecular complexity index is 1320. The lowest BCUT2D eigenvalue weighted by Gasteiger charge is -2.37. The van der Waals surface area contributed by atoms with E-state index in [2.05, 4.69) is 0 Å². The first-order valence-electron chi connectivity index (χ1n) is 12.0. The molecule has 0 aliphatic carbocycles. The monoisotopic (exact) mass is 546 g/mol. The Morgan fingerprint density at radius 2 is 1.92 bits per heavy atom. The number of aryl methyl sites for hydroxylation is 2. The van der Waals surface area contributed by atoms with Gasteiger partial charge in [-0.2, -0.15) is 4.31 Å². The van der Waals surface area contributed by atoms with Crippen molar-refractivity contribution < 1.29 is 17.9 Å². The fourth-order valence-corrected chi connectivity index (χ4v) is 6.92. The van der Waals surface area contributed by atoms with Gasteiger partial charge in [0.15, 0.2) is 0 Å². The number of ether oxygens (including phenoxy) is 1. The summed E-state index contributed by atoms with van der Waals surface area (Å²) in [5.74, 6) is 0.457. The quantitative estimate of drug-likeness (QED) is 0.349. The molecular weight excluding hydrogens is 516 g/mol. The normalized spacial score (nSPS) is 15.7. The molecule has 0 N–H and O–H groups in total. The molecule has 0 unspecified atom stereocenters. The minimum absolute atomic E-state index is 0.200. The van der Waals surface area contributed by atoms with E-state index < -0.39 is 10.0 Å². The number of amides is 1. The highest BCUT2D eigenvalue weighted by Crippen LogP contribution is 2.34. The molecular formula is C27H31ClN2O4S2. The summed E-state index contributed by atoms with van der Waals surface area (Å²) in [6.45, 7) is 6.58. The van der Waals surface area contributed by atoms with Gasteiger partial charge in [-0.3, -0.25) is 4.79 Å². The third-order valence-electron chi connectivity index (χ3n) is 6.40. The Hall–Kier alpha value is -2.39. The third kappa shape index (κ3) is 5.78. The smallest absolute Gasteiger partial charge is 0.243 e. The van der Waals surface area contributed by atoms with Crippen LogP contribution in [0.1, 0.15) is 41.0 Å². The maximum atomic E-state index is 13.6. The zero-order chi connectivity index (χ0) is 25.9. The Kier molecular flexibility index (Phi) is 8.40. The Morgan fingerprint density at radius 1 is 1.17 bits per heavy atom. The van der Waals surface area contributed by atoms with Gasteiger partial charge in [0.2, 0.25) is 15.9 Å². The number of fused-ring (bicyclic) bond motifs is 1. The Labute approximate surface area is 222 Å². The van der Waals surface area contributed by atoms with Crippen LogP contribution in [-0.2, 0) is 21.2 Å². The van der Waals surface area contributed by atoms with Crippen molar-refractivity contribution in [3.05, 3.63) is 80.5 Å². The molecule has 0 saturated heterocycles. The number of hydrogen-bond donors (Lipinski definition) is 0. The molecule has 6 nitrogen and oxygen atoms in total. The fourth-order valence-electron chi connectivity index (χ4n) is 4.39. The van der Waals surface area contributed by atoms with E-state index in [1.54, 1.807) is 46.6 Å². The highest BCUT2D eigenvalue weighted by atomic mass is 35.5. The van der Waals surface area contributed by atoms with E-state index in [4.69, 9.17) is 16.3 Å². The van der Waals surface area contributed by atoms with Gasteiger partial charge in [0.25, 0.3) is 0 Å². The van der Waals surface area contributed by atoms with E-state index in [-0.39, 0.29) is 36.5 Å². The zero-order valence-electron chi connectivity index (χ0n) is 20.7. The summed E-state index contributed by atoms with van der Waals surface area (Å²) in [6, 6.07) is 14.0. The van der Waals surface area contributed by atoms with Crippen molar-refractivity contribution in [2.45, 2.75) is 44.6 Å². The molecule has 0 bridgehead atoms. The van der Waals surface area contributed by atoms with Gasteiger partial charge >= 0.3 is 0 Å². The van der Waals surface area contributed by atoms with Crippen molar-refractivity contribution >= 4 is 38.9 Å². The van der Waals surface area contributed by atoms with E-state index in [1.165, 1.54) is 9.18 Å². The summed E-state index contributed by atoms with van der Waals surface area (Å²) in [4.78, 5) is 16.8. The molecule has 0 saturated carbocycles. The number of carbonyl (C=O) groups is 1. The molecule has 2 aromatic carbocycles. The topological polar surface area (TPSA) is 66.9 Å². The number of benzene rings is 2. The standard InChI is InChI=1S/C27H31ClN2O4S2/c1-4-13-29(36(32,33)22-8-5-19(2)6-9-22)17-27(31)30-14-11-26-23(12-15-35-26)25(30)18-34-21-7-10-24(28)20(3)16-21/h5-10,12,15-16,25H,4,11,13-14,17-18H2,1-3H3/t25-/m0/s1. The summed E-state index contributed by atoms with van der Waals surface area (Å²) < 4.78 is 34.2. The third-order valence-corrected chi connectivity index (χ3v) is 9.68. The number of rotatable bonds is 9. The van der Waals surface area contributed by atoms with Gasteiger partial charge in [0.1, 0.15) is 12.4 Å². The summed E-state index contributed by atoms with van der Waals surface area (Å²) in [5, 5.41) is 2.70. The second kappa shape index (κ2) is 11.3. The van der Waals surface area contributed by atoms with E-state index in [0.717, 1.165) is 23.1 Å². The fraction of sp³-hybridized carbons (Fsp3) is 0.370. The molecule has 1 aromatic heterocycles. The van der Waals surface area contributed by atoms with Crippen LogP contribution >= 0.6 is 22.9 Å². The van der Waals surface area contributed by atoms with Gasteiger partial charge in [-0.25, -0.2) is 8.42 Å². The van der Waals surface area contributed by atoms with Crippen molar-refractivity contribution in [1.82, 2.24) is 9.21 Å². The SMILES string of the molecule is CCCN(CC(=O)N1CCc2sccc2[C@@H]1COc1ccc(Cl)c(C)c1)S(=O)(=O)c1ccc(C)cc1. The lowest BCUT2D eigenvalue weighted by atomic mass is 10.0. The Morgan fingerprint density at radius 3 is 2.61 bits per heavy atom. The molecule has 36 heavy (non-hydrogen) atoms. The molecule has 0 fully saturated rings. The lowest BCUT2D eigenvalue weighted by molar-refractivity contribution is -0.135. The van der Waals surface area contributed by atoms with Crippen LogP contribution in [0.15, 0.2) is 58.8 Å². The number of carbonyl (C=O) groups excluding carboxylic acids is 1. The summed E-state index contributed by atoms with van der Waals surface area (Å²) in [5.41, 5.74) is 2.96. The maximum absolute atomic E-state index is 13.6. The second-order valence-corrected chi connectivity index (χ2v) is 12.4. The number of hydrogen-bond acceptors (Lipinski definition) is 5. The van der Waals surface area contributed by atoms with Gasteiger partial charge < -0.3 is 9.64 Å². The van der Waals surface area contributed by atoms with E-state index in [9.17, 15) is 13.2 Å². The van der Waals surface area contributed by atoms with Crippen LogP contribution in [0.3, 0.4) is 0 Å². The molecule has 0 radical (unpaired) electrons. The predicted molar refractivity (Wildman–Crippen MR) is 144 cm³/mol. The molecule has 192 valence electrons. The maximum Gasteiger partial charge on any atom is 0.243 e. The summed E-state index contributed by atoms with van der Waals surface area (Å²) in [6.07, 6.45) is 1.35. The van der Waals surface area contributed by atoms with Crippen LogP contribution in [0.2, 0.25) is 5.02 Å². The van der Waals surface area contributed by atoms with Gasteiger partial charge in [-0.15, -0.1) is 11.3 Å². The molecule has 1 aliphatic rings. The van der Waals surface area contributed by atoms with Gasteiger partial charge in [-0.1, -0.05) is 36.2 Å². The zero-order valence-corrected chi connectivity index (χ0v) is 23.1. The van der Waals surface area contributed by atoms with Gasteiger partial charge in [-0.05, 0) is 79.6 Å². The number of sulfonamides is 1. The molecule has 0 spiro atoms. The number of halogens is 1. The van der Waals surface area contributed by atoms with E-state index in [0.29, 0.717) is 23.7 Å². The molecule has 1 amide bonds. The van der Waals surface area contributed by atoms with Crippen molar-refractivity contribution in [3.8, 4) is 5.75 Å². The van der Waals surface area contributed by atoms with Crippen LogP contribution in [0.4, 0.5) is 0 Å². The molecule has 9 heteroatoms. The van der Waals surface area contributed by atoms with Gasteiger partial charge in [0.05, 0.1) is 17.5 Å². The average Bonchev–Trinajstić information content (AvgIpc) is 3.33. The lowest BCUT2D eigenvalue weighted by Crippen LogP contribution is -2.48. The predicted octanol–water partition coefficient (Wildman–Crippen LogP) is 5.62. The Balaban J connectivity index is 1.56. The van der Waals surface area contributed by atoms with Gasteiger partial charge in [0, 0.05) is 23.0 Å². The van der Waals surface area contributed by atoms with Crippen molar-refractivity contribution in [3.63, 3.8) is 0 Å². The van der Waals surface area contributed by atoms with Crippen LogP contribution in [0, 0.1) is 13.8 Å². The first-order valence-corrected chi connectivity index (χ1v) is 14.7. The molecule has 4 rings (SSSR count). The number of thiophene rings is 1. The molecule has 1 atom stereocenters. The van der Waals surface area contributed by atoms with Crippen molar-refractivity contribution in [2.75, 3.05) is 26.2 Å². The first kappa shape index (κ1) is 26.7. The average molecular weight is 547 g/mol. The minimum atomic E-state index is -3.80. The van der Waals surface area contributed by atoms with Crippen LogP contribution in [-0.4, -0.2) is 49.8 Å². The van der Waals surface area contributed by atoms with Crippen LogP contribution in [0.25, 0.3) is 0 Å². The molecule has 2 heterocycles.